The number of rotatable bonds is 4. The molecular formula is C6H8ClN3O3. The van der Waals surface area contributed by atoms with Gasteiger partial charge in [-0.3, -0.25) is 0 Å². The van der Waals surface area contributed by atoms with E-state index >= 15 is 0 Å². The molecule has 7 heteroatoms. The lowest BCUT2D eigenvalue weighted by Gasteiger charge is -2.04. The third kappa shape index (κ3) is 2.40. The number of nitro groups is 1. The van der Waals surface area contributed by atoms with Crippen molar-refractivity contribution in [3.05, 3.63) is 22.6 Å². The van der Waals surface area contributed by atoms with Crippen LogP contribution in [-0.4, -0.2) is 31.6 Å². The zero-order chi connectivity index (χ0) is 9.84. The molecule has 1 aromatic heterocycles. The summed E-state index contributed by atoms with van der Waals surface area (Å²) in [4.78, 5) is 13.4. The fourth-order valence-corrected chi connectivity index (χ4v) is 0.980. The predicted molar refractivity (Wildman–Crippen MR) is 45.6 cm³/mol. The van der Waals surface area contributed by atoms with Crippen LogP contribution in [0.2, 0.25) is 0 Å². The van der Waals surface area contributed by atoms with Crippen LogP contribution in [-0.2, 0) is 6.54 Å². The lowest BCUT2D eigenvalue weighted by Crippen LogP contribution is -2.17. The van der Waals surface area contributed by atoms with Gasteiger partial charge in [0.1, 0.15) is 18.8 Å². The first-order chi connectivity index (χ1) is 6.15. The Bertz CT molecular complexity index is 301. The number of nitrogens with zero attached hydrogens (tertiary/aromatic N) is 3. The minimum atomic E-state index is -0.797. The van der Waals surface area contributed by atoms with Crippen molar-refractivity contribution in [2.75, 3.05) is 5.88 Å². The van der Waals surface area contributed by atoms with E-state index in [1.165, 1.54) is 10.9 Å². The summed E-state index contributed by atoms with van der Waals surface area (Å²) in [6.07, 6.45) is 1.61. The van der Waals surface area contributed by atoms with Crippen LogP contribution in [0.15, 0.2) is 12.5 Å². The van der Waals surface area contributed by atoms with Crippen molar-refractivity contribution in [1.82, 2.24) is 9.55 Å². The van der Waals surface area contributed by atoms with Crippen LogP contribution in [0.1, 0.15) is 0 Å². The molecular weight excluding hydrogens is 198 g/mol. The van der Waals surface area contributed by atoms with Gasteiger partial charge in [-0.15, -0.1) is 11.6 Å². The second kappa shape index (κ2) is 4.20. The zero-order valence-corrected chi connectivity index (χ0v) is 7.39. The minimum Gasteiger partial charge on any atom is -0.388 e. The van der Waals surface area contributed by atoms with Crippen molar-refractivity contribution < 1.29 is 10.0 Å². The van der Waals surface area contributed by atoms with E-state index in [1.54, 1.807) is 0 Å². The molecule has 0 spiro atoms. The Morgan fingerprint density at radius 1 is 1.85 bits per heavy atom. The van der Waals surface area contributed by atoms with Crippen LogP contribution in [0.25, 0.3) is 0 Å². The van der Waals surface area contributed by atoms with E-state index in [2.05, 4.69) is 4.98 Å². The molecule has 0 amide bonds. The highest BCUT2D eigenvalue weighted by Crippen LogP contribution is 2.10. The highest BCUT2D eigenvalue weighted by molar-refractivity contribution is 6.18. The summed E-state index contributed by atoms with van der Waals surface area (Å²) >= 11 is 5.35. The van der Waals surface area contributed by atoms with Gasteiger partial charge in [0, 0.05) is 0 Å². The lowest BCUT2D eigenvalue weighted by molar-refractivity contribution is -0.392. The van der Waals surface area contributed by atoms with Crippen LogP contribution in [0, 0.1) is 10.1 Å². The van der Waals surface area contributed by atoms with Crippen molar-refractivity contribution in [2.24, 2.45) is 0 Å². The standard InChI is InChI=1S/C6H8ClN3O3/c7-1-5(11)3-9-4-8-2-6(9)10(12)13/h2,4-5,11H,1,3H2/t5-/m0/s1. The molecule has 1 N–H and O–H groups in total. The number of halogens is 1. The highest BCUT2D eigenvalue weighted by atomic mass is 35.5. The molecule has 0 aliphatic heterocycles. The number of hydrogen-bond acceptors (Lipinski definition) is 4. The van der Waals surface area contributed by atoms with E-state index in [0.29, 0.717) is 0 Å². The third-order valence-corrected chi connectivity index (χ3v) is 1.82. The van der Waals surface area contributed by atoms with Gasteiger partial charge in [0.05, 0.1) is 5.88 Å². The maximum atomic E-state index is 10.4. The van der Waals surface area contributed by atoms with E-state index in [9.17, 15) is 10.1 Å². The first-order valence-corrected chi connectivity index (χ1v) is 4.07. The van der Waals surface area contributed by atoms with Crippen molar-refractivity contribution in [3.63, 3.8) is 0 Å². The average Bonchev–Trinajstić information content (AvgIpc) is 2.52. The SMILES string of the molecule is O=[N+]([O-])c1cncn1C[C@@H](O)CCl. The molecule has 1 heterocycles. The first-order valence-electron chi connectivity index (χ1n) is 3.53. The molecule has 72 valence electrons. The summed E-state index contributed by atoms with van der Waals surface area (Å²) in [6, 6.07) is 0. The van der Waals surface area contributed by atoms with Gasteiger partial charge in [-0.05, 0) is 4.92 Å². The number of alkyl halides is 1. The summed E-state index contributed by atoms with van der Waals surface area (Å²) in [5, 5.41) is 19.5. The molecule has 13 heavy (non-hydrogen) atoms. The fraction of sp³-hybridized carbons (Fsp3) is 0.500. The summed E-state index contributed by atoms with van der Waals surface area (Å²) in [5.74, 6) is -0.112. The van der Waals surface area contributed by atoms with Crippen molar-refractivity contribution in [3.8, 4) is 0 Å². The molecule has 0 aliphatic rings. The lowest BCUT2D eigenvalue weighted by atomic mass is 10.4. The molecule has 0 aromatic carbocycles. The van der Waals surface area contributed by atoms with E-state index in [1.807, 2.05) is 0 Å². The van der Waals surface area contributed by atoms with E-state index in [4.69, 9.17) is 16.7 Å². The molecule has 0 unspecified atom stereocenters. The number of hydrogen-bond donors (Lipinski definition) is 1. The van der Waals surface area contributed by atoms with Crippen LogP contribution in [0.5, 0.6) is 0 Å². The Hall–Kier alpha value is -1.14. The number of aliphatic hydroxyl groups excluding tert-OH is 1. The molecule has 0 bridgehead atoms. The number of imidazole rings is 1. The maximum Gasteiger partial charge on any atom is 0.342 e. The topological polar surface area (TPSA) is 81.2 Å². The van der Waals surface area contributed by atoms with Gasteiger partial charge in [-0.1, -0.05) is 0 Å². The van der Waals surface area contributed by atoms with Crippen LogP contribution < -0.4 is 0 Å². The molecule has 0 saturated heterocycles. The van der Waals surface area contributed by atoms with Crippen LogP contribution >= 0.6 is 11.6 Å². The molecule has 0 radical (unpaired) electrons. The molecule has 1 rings (SSSR count). The maximum absolute atomic E-state index is 10.4. The second-order valence-electron chi connectivity index (χ2n) is 2.47. The summed E-state index contributed by atoms with van der Waals surface area (Å²) < 4.78 is 1.24. The van der Waals surface area contributed by atoms with Crippen LogP contribution in [0.4, 0.5) is 5.82 Å². The number of aromatic nitrogens is 2. The Kier molecular flexibility index (Phi) is 3.21. The number of aliphatic hydroxyl groups is 1. The predicted octanol–water partition coefficient (Wildman–Crippen LogP) is 0.391. The van der Waals surface area contributed by atoms with Crippen molar-refractivity contribution >= 4 is 17.4 Å². The Labute approximate surface area is 78.9 Å². The molecule has 0 fully saturated rings. The van der Waals surface area contributed by atoms with Gasteiger partial charge in [0.25, 0.3) is 0 Å². The molecule has 0 aliphatic carbocycles. The fourth-order valence-electron chi connectivity index (χ4n) is 0.882. The highest BCUT2D eigenvalue weighted by Gasteiger charge is 2.15. The van der Waals surface area contributed by atoms with Crippen LogP contribution in [0.3, 0.4) is 0 Å². The van der Waals surface area contributed by atoms with Gasteiger partial charge in [-0.2, -0.15) is 0 Å². The van der Waals surface area contributed by atoms with E-state index < -0.39 is 11.0 Å². The molecule has 6 nitrogen and oxygen atoms in total. The molecule has 0 saturated carbocycles. The summed E-state index contributed by atoms with van der Waals surface area (Å²) in [7, 11) is 0. The van der Waals surface area contributed by atoms with Gasteiger partial charge < -0.3 is 15.2 Å². The quantitative estimate of drug-likeness (QED) is 0.438. The van der Waals surface area contributed by atoms with Gasteiger partial charge in [-0.25, -0.2) is 9.55 Å². The van der Waals surface area contributed by atoms with E-state index in [0.717, 1.165) is 6.20 Å². The van der Waals surface area contributed by atoms with E-state index in [-0.39, 0.29) is 18.2 Å². The van der Waals surface area contributed by atoms with Gasteiger partial charge in [0.15, 0.2) is 6.33 Å². The molecule has 1 aromatic rings. The smallest absolute Gasteiger partial charge is 0.342 e. The summed E-state index contributed by atoms with van der Waals surface area (Å²) in [6.45, 7) is 0.0831. The Morgan fingerprint density at radius 3 is 3.08 bits per heavy atom. The zero-order valence-electron chi connectivity index (χ0n) is 6.63. The average molecular weight is 206 g/mol. The summed E-state index contributed by atoms with van der Waals surface area (Å²) in [5.41, 5.74) is 0. The van der Waals surface area contributed by atoms with Crippen molar-refractivity contribution in [2.45, 2.75) is 12.6 Å². The Balaban J connectivity index is 2.76. The Morgan fingerprint density at radius 2 is 2.54 bits per heavy atom. The van der Waals surface area contributed by atoms with Gasteiger partial charge >= 0.3 is 5.82 Å². The largest absolute Gasteiger partial charge is 0.388 e. The second-order valence-corrected chi connectivity index (χ2v) is 2.78. The molecule has 1 atom stereocenters. The minimum absolute atomic E-state index is 0.0370. The first kappa shape index (κ1) is 9.94. The van der Waals surface area contributed by atoms with Gasteiger partial charge in [0.2, 0.25) is 0 Å². The normalized spacial score (nSPS) is 12.8. The third-order valence-electron chi connectivity index (χ3n) is 1.46. The monoisotopic (exact) mass is 205 g/mol. The van der Waals surface area contributed by atoms with Crippen molar-refractivity contribution in [1.29, 1.82) is 0 Å².